The summed E-state index contributed by atoms with van der Waals surface area (Å²) in [5.74, 6) is 1.41. The van der Waals surface area contributed by atoms with E-state index in [4.69, 9.17) is 0 Å². The number of Topliss-reactive ketones (excluding diaryl/α,β-unsaturated/α-hetero) is 1. The number of benzene rings is 2. The molecule has 0 bridgehead atoms. The van der Waals surface area contributed by atoms with Crippen molar-refractivity contribution in [2.24, 2.45) is 0 Å². The second-order valence-electron chi connectivity index (χ2n) is 8.01. The van der Waals surface area contributed by atoms with Crippen LogP contribution >= 0.6 is 27.7 Å². The van der Waals surface area contributed by atoms with Crippen LogP contribution < -0.4 is 0 Å². The van der Waals surface area contributed by atoms with Crippen molar-refractivity contribution < 1.29 is 4.79 Å². The smallest absolute Gasteiger partial charge is 0.192 e. The summed E-state index contributed by atoms with van der Waals surface area (Å²) in [6.45, 7) is 4.01. The van der Waals surface area contributed by atoms with Gasteiger partial charge < -0.3 is 0 Å². The average molecular weight is 484 g/mol. The molecule has 6 heteroatoms. The van der Waals surface area contributed by atoms with Gasteiger partial charge >= 0.3 is 0 Å². The summed E-state index contributed by atoms with van der Waals surface area (Å²) in [4.78, 5) is 12.9. The molecular formula is C24H26BrN3OS. The molecule has 1 aromatic heterocycles. The number of carbonyl (C=O) groups is 1. The monoisotopic (exact) mass is 483 g/mol. The van der Waals surface area contributed by atoms with Gasteiger partial charge in [-0.15, -0.1) is 10.2 Å². The highest BCUT2D eigenvalue weighted by Gasteiger charge is 2.24. The van der Waals surface area contributed by atoms with Gasteiger partial charge in [0.25, 0.3) is 0 Å². The first-order chi connectivity index (χ1) is 14.5. The Balaban J connectivity index is 1.61. The van der Waals surface area contributed by atoms with Crippen LogP contribution in [0.4, 0.5) is 0 Å². The van der Waals surface area contributed by atoms with Gasteiger partial charge in [-0.05, 0) is 50.5 Å². The Hall–Kier alpha value is -1.92. The molecule has 0 unspecified atom stereocenters. The minimum Gasteiger partial charge on any atom is -0.299 e. The first kappa shape index (κ1) is 21.3. The predicted molar refractivity (Wildman–Crippen MR) is 126 cm³/mol. The zero-order valence-corrected chi connectivity index (χ0v) is 19.8. The lowest BCUT2D eigenvalue weighted by Gasteiger charge is -2.25. The fourth-order valence-corrected chi connectivity index (χ4v) is 5.24. The number of halogens is 1. The summed E-state index contributed by atoms with van der Waals surface area (Å²) in [5.41, 5.74) is 4.00. The van der Waals surface area contributed by atoms with Crippen LogP contribution in [-0.4, -0.2) is 26.3 Å². The molecule has 0 saturated heterocycles. The van der Waals surface area contributed by atoms with E-state index in [2.05, 4.69) is 42.8 Å². The first-order valence-corrected chi connectivity index (χ1v) is 12.2. The van der Waals surface area contributed by atoms with Crippen molar-refractivity contribution in [3.8, 4) is 11.4 Å². The van der Waals surface area contributed by atoms with Crippen molar-refractivity contribution in [3.05, 3.63) is 63.6 Å². The molecular weight excluding hydrogens is 458 g/mol. The van der Waals surface area contributed by atoms with Gasteiger partial charge in [-0.1, -0.05) is 76.8 Å². The van der Waals surface area contributed by atoms with E-state index in [0.717, 1.165) is 50.5 Å². The Morgan fingerprint density at radius 3 is 2.53 bits per heavy atom. The Kier molecular flexibility index (Phi) is 6.74. The van der Waals surface area contributed by atoms with E-state index in [9.17, 15) is 4.79 Å². The van der Waals surface area contributed by atoms with Crippen LogP contribution in [0.5, 0.6) is 0 Å². The lowest BCUT2D eigenvalue weighted by Crippen LogP contribution is -2.15. The molecule has 1 saturated carbocycles. The molecule has 2 aromatic carbocycles. The maximum absolute atomic E-state index is 12.9. The number of ketones is 1. The van der Waals surface area contributed by atoms with Gasteiger partial charge in [-0.3, -0.25) is 9.36 Å². The third-order valence-electron chi connectivity index (χ3n) is 5.73. The van der Waals surface area contributed by atoms with Crippen LogP contribution in [-0.2, 0) is 0 Å². The topological polar surface area (TPSA) is 47.8 Å². The summed E-state index contributed by atoms with van der Waals surface area (Å²) in [6.07, 6.45) is 6.03. The van der Waals surface area contributed by atoms with Gasteiger partial charge in [0.2, 0.25) is 0 Å². The third kappa shape index (κ3) is 4.70. The van der Waals surface area contributed by atoms with Crippen molar-refractivity contribution in [2.45, 2.75) is 57.1 Å². The number of carbonyl (C=O) groups excluding carboxylic acids is 1. The SMILES string of the molecule is Cc1ccc(C)c(C(=O)CSc2nnc(-c3ccc(Br)cc3)n2C2CCCCC2)c1. The van der Waals surface area contributed by atoms with E-state index >= 15 is 0 Å². The van der Waals surface area contributed by atoms with Crippen molar-refractivity contribution in [3.63, 3.8) is 0 Å². The van der Waals surface area contributed by atoms with Gasteiger partial charge in [0.15, 0.2) is 16.8 Å². The van der Waals surface area contributed by atoms with Gasteiger partial charge in [-0.25, -0.2) is 0 Å². The van der Waals surface area contributed by atoms with E-state index in [1.165, 1.54) is 31.0 Å². The molecule has 1 heterocycles. The molecule has 0 N–H and O–H groups in total. The first-order valence-electron chi connectivity index (χ1n) is 10.5. The zero-order chi connectivity index (χ0) is 21.1. The van der Waals surface area contributed by atoms with Crippen LogP contribution in [0.1, 0.15) is 59.6 Å². The molecule has 0 radical (unpaired) electrons. The minimum atomic E-state index is 0.143. The maximum Gasteiger partial charge on any atom is 0.192 e. The summed E-state index contributed by atoms with van der Waals surface area (Å²) >= 11 is 5.02. The highest BCUT2D eigenvalue weighted by atomic mass is 79.9. The molecule has 1 fully saturated rings. The van der Waals surface area contributed by atoms with Gasteiger partial charge in [0.05, 0.1) is 5.75 Å². The molecule has 30 heavy (non-hydrogen) atoms. The van der Waals surface area contributed by atoms with Gasteiger partial charge in [-0.2, -0.15) is 0 Å². The average Bonchev–Trinajstić information content (AvgIpc) is 3.19. The molecule has 0 spiro atoms. The number of rotatable bonds is 6. The third-order valence-corrected chi connectivity index (χ3v) is 7.20. The largest absolute Gasteiger partial charge is 0.299 e. The van der Waals surface area contributed by atoms with E-state index in [1.54, 1.807) is 0 Å². The molecule has 0 atom stereocenters. The maximum atomic E-state index is 12.9. The summed E-state index contributed by atoms with van der Waals surface area (Å²) in [5, 5.41) is 9.89. The van der Waals surface area contributed by atoms with Gasteiger partial charge in [0, 0.05) is 21.6 Å². The van der Waals surface area contributed by atoms with E-state index in [1.807, 2.05) is 44.2 Å². The Bertz CT molecular complexity index is 1040. The number of thioether (sulfide) groups is 1. The van der Waals surface area contributed by atoms with Crippen LogP contribution in [0.15, 0.2) is 52.1 Å². The van der Waals surface area contributed by atoms with Crippen LogP contribution in [0, 0.1) is 13.8 Å². The van der Waals surface area contributed by atoms with E-state index in [0.29, 0.717) is 11.8 Å². The number of nitrogens with zero attached hydrogens (tertiary/aromatic N) is 3. The summed E-state index contributed by atoms with van der Waals surface area (Å²) in [6, 6.07) is 14.7. The summed E-state index contributed by atoms with van der Waals surface area (Å²) in [7, 11) is 0. The number of aromatic nitrogens is 3. The Morgan fingerprint density at radius 2 is 1.80 bits per heavy atom. The zero-order valence-electron chi connectivity index (χ0n) is 17.4. The lowest BCUT2D eigenvalue weighted by molar-refractivity contribution is 0.102. The normalized spacial score (nSPS) is 14.8. The van der Waals surface area contributed by atoms with Crippen LogP contribution in [0.2, 0.25) is 0 Å². The van der Waals surface area contributed by atoms with Crippen LogP contribution in [0.3, 0.4) is 0 Å². The second kappa shape index (κ2) is 9.48. The molecule has 1 aliphatic rings. The van der Waals surface area contributed by atoms with Crippen molar-refractivity contribution in [1.29, 1.82) is 0 Å². The fourth-order valence-electron chi connectivity index (χ4n) is 4.08. The summed E-state index contributed by atoms with van der Waals surface area (Å²) < 4.78 is 3.33. The second-order valence-corrected chi connectivity index (χ2v) is 9.86. The Morgan fingerprint density at radius 1 is 1.07 bits per heavy atom. The van der Waals surface area contributed by atoms with Crippen LogP contribution in [0.25, 0.3) is 11.4 Å². The highest BCUT2D eigenvalue weighted by Crippen LogP contribution is 2.36. The number of hydrogen-bond donors (Lipinski definition) is 0. The van der Waals surface area contributed by atoms with Crippen molar-refractivity contribution in [1.82, 2.24) is 14.8 Å². The molecule has 156 valence electrons. The fraction of sp³-hybridized carbons (Fsp3) is 0.375. The highest BCUT2D eigenvalue weighted by molar-refractivity contribution is 9.10. The minimum absolute atomic E-state index is 0.143. The molecule has 0 amide bonds. The van der Waals surface area contributed by atoms with Crippen molar-refractivity contribution in [2.75, 3.05) is 5.75 Å². The number of hydrogen-bond acceptors (Lipinski definition) is 4. The molecule has 3 aromatic rings. The lowest BCUT2D eigenvalue weighted by atomic mass is 9.95. The molecule has 4 rings (SSSR count). The predicted octanol–water partition coefficient (Wildman–Crippen LogP) is 6.80. The van der Waals surface area contributed by atoms with E-state index in [-0.39, 0.29) is 5.78 Å². The molecule has 0 aliphatic heterocycles. The molecule has 4 nitrogen and oxygen atoms in total. The molecule has 1 aliphatic carbocycles. The standard InChI is InChI=1S/C24H26BrN3OS/c1-16-8-9-17(2)21(14-16)22(29)15-30-24-27-26-23(18-10-12-19(25)13-11-18)28(24)20-6-4-3-5-7-20/h8-14,20H,3-7,15H2,1-2H3. The van der Waals surface area contributed by atoms with E-state index < -0.39 is 0 Å². The quantitative estimate of drug-likeness (QED) is 0.285. The van der Waals surface area contributed by atoms with Gasteiger partial charge in [0.1, 0.15) is 0 Å². The Labute approximate surface area is 190 Å². The number of aryl methyl sites for hydroxylation is 2. The van der Waals surface area contributed by atoms with Crippen molar-refractivity contribution >= 4 is 33.5 Å².